The predicted octanol–water partition coefficient (Wildman–Crippen LogP) is 2.90. The van der Waals surface area contributed by atoms with Crippen LogP contribution in [0, 0.1) is 6.92 Å². The number of aromatic nitrogens is 2. The van der Waals surface area contributed by atoms with Crippen molar-refractivity contribution in [3.8, 4) is 0 Å². The number of benzene rings is 1. The number of hydrogen-bond acceptors (Lipinski definition) is 5. The molecule has 0 N–H and O–H groups in total. The third kappa shape index (κ3) is 3.44. The summed E-state index contributed by atoms with van der Waals surface area (Å²) in [5.41, 5.74) is 1.92. The third-order valence-electron chi connectivity index (χ3n) is 5.18. The summed E-state index contributed by atoms with van der Waals surface area (Å²) in [6.45, 7) is 4.93. The Bertz CT molecular complexity index is 727. The second-order valence-electron chi connectivity index (χ2n) is 6.98. The van der Waals surface area contributed by atoms with Gasteiger partial charge in [-0.3, -0.25) is 4.79 Å². The molecular formula is C19H23N3O3. The van der Waals surface area contributed by atoms with E-state index in [2.05, 4.69) is 10.1 Å². The van der Waals surface area contributed by atoms with Gasteiger partial charge in [-0.15, -0.1) is 0 Å². The molecule has 132 valence electrons. The molecular weight excluding hydrogens is 318 g/mol. The standard InChI is InChI=1S/C19H23N3O3/c1-13-2-4-15(5-3-13)19(23)22-9-6-14(7-10-22)18-20-17(21-25-18)16-8-11-24-12-16/h2-5,14,16H,6-12H2,1H3/t16-/m1/s1. The second-order valence-corrected chi connectivity index (χ2v) is 6.98. The van der Waals surface area contributed by atoms with Crippen LogP contribution in [0.5, 0.6) is 0 Å². The molecule has 25 heavy (non-hydrogen) atoms. The molecule has 0 aliphatic carbocycles. The molecule has 1 aromatic carbocycles. The Morgan fingerprint density at radius 3 is 2.56 bits per heavy atom. The molecule has 0 unspecified atom stereocenters. The molecule has 2 aliphatic rings. The number of hydrogen-bond donors (Lipinski definition) is 0. The molecule has 1 atom stereocenters. The van der Waals surface area contributed by atoms with Crippen LogP contribution in [0.3, 0.4) is 0 Å². The van der Waals surface area contributed by atoms with Gasteiger partial charge in [0.25, 0.3) is 5.91 Å². The average molecular weight is 341 g/mol. The zero-order valence-electron chi connectivity index (χ0n) is 14.5. The van der Waals surface area contributed by atoms with Crippen molar-refractivity contribution >= 4 is 5.91 Å². The molecule has 2 saturated heterocycles. The van der Waals surface area contributed by atoms with Crippen LogP contribution in [0.4, 0.5) is 0 Å². The molecule has 2 fully saturated rings. The summed E-state index contributed by atoms with van der Waals surface area (Å²) in [5.74, 6) is 2.09. The summed E-state index contributed by atoms with van der Waals surface area (Å²) < 4.78 is 10.9. The Labute approximate surface area is 147 Å². The van der Waals surface area contributed by atoms with Crippen molar-refractivity contribution in [1.82, 2.24) is 15.0 Å². The van der Waals surface area contributed by atoms with Gasteiger partial charge in [-0.05, 0) is 38.3 Å². The highest BCUT2D eigenvalue weighted by molar-refractivity contribution is 5.94. The predicted molar refractivity (Wildman–Crippen MR) is 91.5 cm³/mol. The van der Waals surface area contributed by atoms with Crippen molar-refractivity contribution in [2.24, 2.45) is 0 Å². The first-order chi connectivity index (χ1) is 12.2. The van der Waals surface area contributed by atoms with Crippen LogP contribution in [0.2, 0.25) is 0 Å². The lowest BCUT2D eigenvalue weighted by molar-refractivity contribution is 0.0704. The van der Waals surface area contributed by atoms with E-state index in [1.54, 1.807) is 0 Å². The Morgan fingerprint density at radius 1 is 1.12 bits per heavy atom. The van der Waals surface area contributed by atoms with Crippen molar-refractivity contribution in [3.63, 3.8) is 0 Å². The first kappa shape index (κ1) is 16.3. The van der Waals surface area contributed by atoms with E-state index in [-0.39, 0.29) is 17.7 Å². The summed E-state index contributed by atoms with van der Waals surface area (Å²) in [5, 5.41) is 4.14. The van der Waals surface area contributed by atoms with E-state index in [0.717, 1.165) is 55.9 Å². The molecule has 4 rings (SSSR count). The van der Waals surface area contributed by atoms with E-state index in [1.807, 2.05) is 36.1 Å². The van der Waals surface area contributed by atoms with Crippen molar-refractivity contribution in [2.45, 2.75) is 38.0 Å². The normalized spacial score (nSPS) is 21.6. The number of carbonyl (C=O) groups is 1. The summed E-state index contributed by atoms with van der Waals surface area (Å²) in [6.07, 6.45) is 2.68. The van der Waals surface area contributed by atoms with Crippen molar-refractivity contribution in [2.75, 3.05) is 26.3 Å². The topological polar surface area (TPSA) is 68.5 Å². The van der Waals surface area contributed by atoms with Crippen LogP contribution in [-0.4, -0.2) is 47.3 Å². The molecule has 2 aromatic rings. The zero-order valence-corrected chi connectivity index (χ0v) is 14.5. The maximum Gasteiger partial charge on any atom is 0.253 e. The summed E-state index contributed by atoms with van der Waals surface area (Å²) in [7, 11) is 0. The van der Waals surface area contributed by atoms with Crippen LogP contribution < -0.4 is 0 Å². The number of nitrogens with zero attached hydrogens (tertiary/aromatic N) is 3. The Kier molecular flexibility index (Phi) is 4.53. The number of amides is 1. The van der Waals surface area contributed by atoms with Gasteiger partial charge in [-0.2, -0.15) is 4.98 Å². The Balaban J connectivity index is 1.36. The van der Waals surface area contributed by atoms with Gasteiger partial charge in [0.05, 0.1) is 6.61 Å². The zero-order chi connectivity index (χ0) is 17.2. The largest absolute Gasteiger partial charge is 0.381 e. The van der Waals surface area contributed by atoms with E-state index in [1.165, 1.54) is 0 Å². The fraction of sp³-hybridized carbons (Fsp3) is 0.526. The molecule has 0 bridgehead atoms. The van der Waals surface area contributed by atoms with Gasteiger partial charge in [-0.1, -0.05) is 22.9 Å². The second kappa shape index (κ2) is 6.96. The molecule has 2 aliphatic heterocycles. The molecule has 6 nitrogen and oxygen atoms in total. The van der Waals surface area contributed by atoms with Gasteiger partial charge < -0.3 is 14.2 Å². The molecule has 6 heteroatoms. The number of piperidine rings is 1. The lowest BCUT2D eigenvalue weighted by Crippen LogP contribution is -2.38. The van der Waals surface area contributed by atoms with Crippen LogP contribution in [-0.2, 0) is 4.74 Å². The maximum absolute atomic E-state index is 12.6. The minimum absolute atomic E-state index is 0.104. The molecule has 1 aromatic heterocycles. The highest BCUT2D eigenvalue weighted by Crippen LogP contribution is 2.30. The number of ether oxygens (including phenoxy) is 1. The number of rotatable bonds is 3. The van der Waals surface area contributed by atoms with Gasteiger partial charge in [0.15, 0.2) is 5.82 Å². The summed E-state index contributed by atoms with van der Waals surface area (Å²) in [6, 6.07) is 7.76. The first-order valence-corrected chi connectivity index (χ1v) is 8.98. The maximum atomic E-state index is 12.6. The lowest BCUT2D eigenvalue weighted by atomic mass is 9.96. The van der Waals surface area contributed by atoms with Gasteiger partial charge in [0.1, 0.15) is 0 Å². The van der Waals surface area contributed by atoms with Gasteiger partial charge in [-0.25, -0.2) is 0 Å². The van der Waals surface area contributed by atoms with Gasteiger partial charge >= 0.3 is 0 Å². The highest BCUT2D eigenvalue weighted by atomic mass is 16.5. The van der Waals surface area contributed by atoms with E-state index in [9.17, 15) is 4.79 Å². The molecule has 3 heterocycles. The number of aryl methyl sites for hydroxylation is 1. The molecule has 0 radical (unpaired) electrons. The van der Waals surface area contributed by atoms with Gasteiger partial charge in [0, 0.05) is 37.1 Å². The van der Waals surface area contributed by atoms with Gasteiger partial charge in [0.2, 0.25) is 5.89 Å². The third-order valence-corrected chi connectivity index (χ3v) is 5.18. The minimum Gasteiger partial charge on any atom is -0.381 e. The van der Waals surface area contributed by atoms with Crippen molar-refractivity contribution < 1.29 is 14.1 Å². The molecule has 1 amide bonds. The molecule has 0 spiro atoms. The van der Waals surface area contributed by atoms with E-state index in [0.29, 0.717) is 12.5 Å². The van der Waals surface area contributed by atoms with Crippen LogP contribution >= 0.6 is 0 Å². The fourth-order valence-corrected chi connectivity index (χ4v) is 3.53. The van der Waals surface area contributed by atoms with Crippen molar-refractivity contribution in [1.29, 1.82) is 0 Å². The van der Waals surface area contributed by atoms with Crippen LogP contribution in [0.25, 0.3) is 0 Å². The lowest BCUT2D eigenvalue weighted by Gasteiger charge is -2.30. The van der Waals surface area contributed by atoms with E-state index >= 15 is 0 Å². The Morgan fingerprint density at radius 2 is 1.88 bits per heavy atom. The minimum atomic E-state index is 0.104. The van der Waals surface area contributed by atoms with E-state index < -0.39 is 0 Å². The van der Waals surface area contributed by atoms with Crippen LogP contribution in [0.15, 0.2) is 28.8 Å². The summed E-state index contributed by atoms with van der Waals surface area (Å²) >= 11 is 0. The summed E-state index contributed by atoms with van der Waals surface area (Å²) in [4.78, 5) is 19.1. The smallest absolute Gasteiger partial charge is 0.253 e. The SMILES string of the molecule is Cc1ccc(C(=O)N2CCC(c3nc([C@@H]4CCOC4)no3)CC2)cc1. The number of carbonyl (C=O) groups excluding carboxylic acids is 1. The average Bonchev–Trinajstić information content (AvgIpc) is 3.33. The quantitative estimate of drug-likeness (QED) is 0.858. The van der Waals surface area contributed by atoms with Crippen LogP contribution in [0.1, 0.15) is 58.7 Å². The monoisotopic (exact) mass is 341 g/mol. The Hall–Kier alpha value is -2.21. The highest BCUT2D eigenvalue weighted by Gasteiger charge is 2.30. The molecule has 0 saturated carbocycles. The van der Waals surface area contributed by atoms with E-state index in [4.69, 9.17) is 9.26 Å². The van der Waals surface area contributed by atoms with Crippen molar-refractivity contribution in [3.05, 3.63) is 47.1 Å². The fourth-order valence-electron chi connectivity index (χ4n) is 3.53. The first-order valence-electron chi connectivity index (χ1n) is 8.98. The number of likely N-dealkylation sites (tertiary alicyclic amines) is 1.